The number of benzene rings is 9. The van der Waals surface area contributed by atoms with Crippen molar-refractivity contribution < 1.29 is 59.9 Å². The van der Waals surface area contributed by atoms with Crippen LogP contribution in [-0.4, -0.2) is 45.5 Å². The lowest BCUT2D eigenvalue weighted by molar-refractivity contribution is -0.147. The Kier molecular flexibility index (Phi) is 26.1. The SMILES string of the molecule is COC(=O)C(C)C(c1ccc2c(c1)OC(c1ccc(-c3cc(C)ccc3F)cc1)CC2)C1CCC1.COC(=O)C(C)C(c1ccc2c(c1)OC(c1ccc(-c3cc(C)ccc3F)cc1)CC2)C1CCC1.COC(=O)C(C)C(c1ccc2c(c1)OC(c1ccc(-c3cc(C)ccc3F)cc1)CC2)C1CCC1.CSF. The number of esters is 3. The normalized spacial score (nSPS) is 18.8. The monoisotopic (exact) mass is 1480 g/mol. The number of ether oxygens (including phenoxy) is 6. The van der Waals surface area contributed by atoms with Crippen molar-refractivity contribution in [1.29, 1.82) is 0 Å². The molecule has 0 N–H and O–H groups in total. The first-order chi connectivity index (χ1) is 52.2. The van der Waals surface area contributed by atoms with Gasteiger partial charge in [0, 0.05) is 35.1 Å². The predicted molar refractivity (Wildman–Crippen MR) is 423 cm³/mol. The largest absolute Gasteiger partial charge is 0.485 e. The second kappa shape index (κ2) is 35.9. The van der Waals surface area contributed by atoms with Gasteiger partial charge in [-0.15, -0.1) is 0 Å². The van der Waals surface area contributed by atoms with E-state index in [4.69, 9.17) is 28.4 Å². The van der Waals surface area contributed by atoms with Crippen molar-refractivity contribution in [2.24, 2.45) is 35.5 Å². The molecule has 0 saturated heterocycles. The zero-order valence-electron chi connectivity index (χ0n) is 63.9. The third-order valence-corrected chi connectivity index (χ3v) is 23.7. The summed E-state index contributed by atoms with van der Waals surface area (Å²) in [5.74, 6) is 3.09. The van der Waals surface area contributed by atoms with E-state index in [0.717, 1.165) is 161 Å². The van der Waals surface area contributed by atoms with Crippen LogP contribution in [-0.2, 0) is 47.9 Å². The molecule has 3 saturated carbocycles. The number of carbonyl (C=O) groups excluding carboxylic acids is 3. The number of halogens is 4. The highest BCUT2D eigenvalue weighted by molar-refractivity contribution is 7.93. The molecule has 3 fully saturated rings. The molecular weight excluding hydrogens is 1380 g/mol. The molecule has 3 heterocycles. The third kappa shape index (κ3) is 18.1. The highest BCUT2D eigenvalue weighted by atomic mass is 32.2. The van der Waals surface area contributed by atoms with E-state index < -0.39 is 0 Å². The molecule has 9 aromatic carbocycles. The minimum atomic E-state index is -0.207. The van der Waals surface area contributed by atoms with Crippen molar-refractivity contribution in [3.05, 3.63) is 266 Å². The summed E-state index contributed by atoms with van der Waals surface area (Å²) in [5.41, 5.74) is 18.0. The van der Waals surface area contributed by atoms with E-state index in [1.165, 1.54) is 81.7 Å². The summed E-state index contributed by atoms with van der Waals surface area (Å²) >= 11 is 0.250. The molecule has 3 aliphatic carbocycles. The minimum Gasteiger partial charge on any atom is -0.485 e. The van der Waals surface area contributed by atoms with Gasteiger partial charge in [-0.2, -0.15) is 3.89 Å². The Hall–Kier alpha value is -9.14. The van der Waals surface area contributed by atoms with Gasteiger partial charge < -0.3 is 28.4 Å². The second-order valence-electron chi connectivity index (χ2n) is 30.6. The molecule has 566 valence electrons. The van der Waals surface area contributed by atoms with Crippen LogP contribution in [0.3, 0.4) is 0 Å². The Morgan fingerprint density at radius 3 is 0.843 bits per heavy atom. The van der Waals surface area contributed by atoms with Gasteiger partial charge in [-0.25, -0.2) is 13.2 Å². The summed E-state index contributed by atoms with van der Waals surface area (Å²) in [6.45, 7) is 11.9. The topological polar surface area (TPSA) is 107 Å². The molecule has 0 radical (unpaired) electrons. The number of fused-ring (bicyclic) bond motifs is 3. The maximum absolute atomic E-state index is 14.3. The first-order valence-electron chi connectivity index (χ1n) is 38.6. The molecule has 0 spiro atoms. The van der Waals surface area contributed by atoms with Crippen molar-refractivity contribution in [3.8, 4) is 50.6 Å². The Labute approximate surface area is 640 Å². The number of methoxy groups -OCH3 is 3. The molecular formula is C94H102F4O9S. The van der Waals surface area contributed by atoms with E-state index in [-0.39, 0.29) is 101 Å². The fraction of sp³-hybridized carbons (Fsp3) is 0.394. The van der Waals surface area contributed by atoms with Gasteiger partial charge in [-0.3, -0.25) is 14.4 Å². The highest BCUT2D eigenvalue weighted by Crippen LogP contribution is 2.50. The van der Waals surface area contributed by atoms with E-state index in [9.17, 15) is 31.4 Å². The molecule has 0 amide bonds. The van der Waals surface area contributed by atoms with Crippen LogP contribution in [0, 0.1) is 73.7 Å². The quantitative estimate of drug-likeness (QED) is 0.0468. The molecule has 3 aliphatic heterocycles. The van der Waals surface area contributed by atoms with Gasteiger partial charge in [0.2, 0.25) is 0 Å². The van der Waals surface area contributed by atoms with Crippen molar-refractivity contribution in [3.63, 3.8) is 0 Å². The van der Waals surface area contributed by atoms with Crippen molar-refractivity contribution in [1.82, 2.24) is 0 Å². The summed E-state index contributed by atoms with van der Waals surface area (Å²) < 4.78 is 88.0. The van der Waals surface area contributed by atoms with Gasteiger partial charge in [-0.1, -0.05) is 184 Å². The maximum Gasteiger partial charge on any atom is 0.309 e. The lowest BCUT2D eigenvalue weighted by Crippen LogP contribution is -2.30. The third-order valence-electron chi connectivity index (χ3n) is 23.7. The van der Waals surface area contributed by atoms with Crippen molar-refractivity contribution in [2.45, 2.75) is 174 Å². The van der Waals surface area contributed by atoms with E-state index in [0.29, 0.717) is 34.4 Å². The lowest BCUT2D eigenvalue weighted by atomic mass is 9.68. The van der Waals surface area contributed by atoms with Crippen LogP contribution in [0.1, 0.15) is 201 Å². The Balaban J connectivity index is 0.000000148. The highest BCUT2D eigenvalue weighted by Gasteiger charge is 2.40. The van der Waals surface area contributed by atoms with Crippen molar-refractivity contribution in [2.75, 3.05) is 27.6 Å². The Bertz CT molecular complexity index is 4130. The summed E-state index contributed by atoms with van der Waals surface area (Å²) in [4.78, 5) is 37.2. The summed E-state index contributed by atoms with van der Waals surface area (Å²) in [6, 6.07) is 59.2. The van der Waals surface area contributed by atoms with Crippen LogP contribution in [0.15, 0.2) is 182 Å². The summed E-state index contributed by atoms with van der Waals surface area (Å²) in [6.07, 6.45) is 17.3. The number of hydrogen-bond donors (Lipinski definition) is 0. The van der Waals surface area contributed by atoms with Crippen LogP contribution in [0.4, 0.5) is 17.1 Å². The Morgan fingerprint density at radius 2 is 0.620 bits per heavy atom. The van der Waals surface area contributed by atoms with Crippen LogP contribution in [0.25, 0.3) is 33.4 Å². The van der Waals surface area contributed by atoms with Crippen LogP contribution in [0.2, 0.25) is 0 Å². The molecule has 0 aromatic heterocycles. The standard InChI is InChI=1S/3C31H33FO3.CH3FS/c3*1-19-7-15-27(32)26(17-19)21-8-10-22(11-9-21)28-16-14-23-12-13-25(18-29(23)35-28)30(24-5-4-6-24)20(2)31(33)34-3;1-3-2/h3*7-13,15,17-18,20,24,28,30H,4-6,14,16H2,1-3H3;1H3. The molecule has 14 heteroatoms. The van der Waals surface area contributed by atoms with E-state index in [1.54, 1.807) is 18.2 Å². The molecule has 6 aliphatic rings. The zero-order valence-corrected chi connectivity index (χ0v) is 64.8. The smallest absolute Gasteiger partial charge is 0.309 e. The fourth-order valence-electron chi connectivity index (χ4n) is 17.0. The number of rotatable bonds is 18. The van der Waals surface area contributed by atoms with Crippen LogP contribution >= 0.6 is 12.1 Å². The minimum absolute atomic E-state index is 0.0469. The molecule has 0 bridgehead atoms. The van der Waals surface area contributed by atoms with E-state index in [2.05, 4.69) is 54.6 Å². The Morgan fingerprint density at radius 1 is 0.370 bits per heavy atom. The van der Waals surface area contributed by atoms with Gasteiger partial charge in [0.05, 0.1) is 39.1 Å². The predicted octanol–water partition coefficient (Wildman–Crippen LogP) is 23.9. The number of hydrogen-bond acceptors (Lipinski definition) is 10. The van der Waals surface area contributed by atoms with Gasteiger partial charge in [-0.05, 0) is 255 Å². The zero-order chi connectivity index (χ0) is 76.3. The second-order valence-corrected chi connectivity index (χ2v) is 30.9. The van der Waals surface area contributed by atoms with E-state index in [1.807, 2.05) is 133 Å². The summed E-state index contributed by atoms with van der Waals surface area (Å²) in [5, 5.41) is 0. The van der Waals surface area contributed by atoms with Gasteiger partial charge in [0.25, 0.3) is 0 Å². The average Bonchev–Trinajstić information content (AvgIpc) is 0.786. The van der Waals surface area contributed by atoms with Crippen LogP contribution in [0.5, 0.6) is 17.2 Å². The molecule has 9 unspecified atom stereocenters. The van der Waals surface area contributed by atoms with Crippen molar-refractivity contribution >= 4 is 30.1 Å². The molecule has 9 nitrogen and oxygen atoms in total. The maximum atomic E-state index is 14.3. The fourth-order valence-corrected chi connectivity index (χ4v) is 17.0. The average molecular weight is 1480 g/mol. The van der Waals surface area contributed by atoms with E-state index >= 15 is 0 Å². The number of carbonyl (C=O) groups is 3. The number of aryl methyl sites for hydroxylation is 6. The summed E-state index contributed by atoms with van der Waals surface area (Å²) in [7, 11) is 4.40. The van der Waals surface area contributed by atoms with Crippen LogP contribution < -0.4 is 14.2 Å². The molecule has 9 atom stereocenters. The molecule has 9 aromatic rings. The molecule has 15 rings (SSSR count). The lowest BCUT2D eigenvalue weighted by Gasteiger charge is -2.37. The van der Waals surface area contributed by atoms with Gasteiger partial charge >= 0.3 is 17.9 Å². The van der Waals surface area contributed by atoms with Gasteiger partial charge in [0.15, 0.2) is 0 Å². The first-order valence-corrected chi connectivity index (χ1v) is 39.7. The molecule has 108 heavy (non-hydrogen) atoms. The first kappa shape index (κ1) is 78.4. The van der Waals surface area contributed by atoms with Gasteiger partial charge in [0.1, 0.15) is 53.0 Å².